The van der Waals surface area contributed by atoms with Crippen LogP contribution in [0.2, 0.25) is 0 Å². The Bertz CT molecular complexity index is 446. The van der Waals surface area contributed by atoms with Crippen LogP contribution in [-0.2, 0) is 29.1 Å². The number of hydrogen-bond acceptors (Lipinski definition) is 6. The molecule has 0 aromatic heterocycles. The first kappa shape index (κ1) is 21.8. The molecule has 0 N–H and O–H groups in total. The summed E-state index contributed by atoms with van der Waals surface area (Å²) in [7, 11) is 0. The van der Waals surface area contributed by atoms with Crippen LogP contribution in [0.1, 0.15) is 67.2 Å². The van der Waals surface area contributed by atoms with E-state index in [0.29, 0.717) is 0 Å². The van der Waals surface area contributed by atoms with Crippen molar-refractivity contribution in [2.75, 3.05) is 6.54 Å². The number of rotatable bonds is 12. The molecule has 1 rings (SSSR count). The Balaban J connectivity index is 2.69. The van der Waals surface area contributed by atoms with Crippen LogP contribution in [-0.4, -0.2) is 40.8 Å². The minimum Gasteiger partial charge on any atom is -0.270 e. The first-order chi connectivity index (χ1) is 11.6. The Morgan fingerprint density at radius 2 is 1.28 bits per heavy atom. The highest BCUT2D eigenvalue weighted by Gasteiger charge is 2.31. The molecule has 0 saturated carbocycles. The van der Waals surface area contributed by atoms with Crippen LogP contribution in [0.15, 0.2) is 12.2 Å². The summed E-state index contributed by atoms with van der Waals surface area (Å²) < 4.78 is 0. The molecular formula is C18H31NO6. The van der Waals surface area contributed by atoms with Crippen molar-refractivity contribution in [2.45, 2.75) is 84.7 Å². The van der Waals surface area contributed by atoms with Gasteiger partial charge >= 0.3 is 0 Å². The molecule has 0 saturated heterocycles. The second-order valence-corrected chi connectivity index (χ2v) is 7.43. The van der Waals surface area contributed by atoms with Gasteiger partial charge < -0.3 is 0 Å². The third kappa shape index (κ3) is 7.64. The van der Waals surface area contributed by atoms with Gasteiger partial charge in [-0.1, -0.05) is 26.7 Å². The fourth-order valence-corrected chi connectivity index (χ4v) is 2.49. The summed E-state index contributed by atoms with van der Waals surface area (Å²) >= 11 is 0. The Morgan fingerprint density at radius 3 is 1.64 bits per heavy atom. The molecule has 0 unspecified atom stereocenters. The van der Waals surface area contributed by atoms with Gasteiger partial charge in [-0.2, -0.15) is 9.78 Å². The van der Waals surface area contributed by atoms with Gasteiger partial charge in [0.1, 0.15) is 0 Å². The molecule has 0 fully saturated rings. The topological polar surface area (TPSA) is 74.3 Å². The Morgan fingerprint density at radius 1 is 0.880 bits per heavy atom. The van der Waals surface area contributed by atoms with Gasteiger partial charge in [0.25, 0.3) is 11.8 Å². The fourth-order valence-electron chi connectivity index (χ4n) is 2.49. The van der Waals surface area contributed by atoms with E-state index in [0.717, 1.165) is 30.6 Å². The van der Waals surface area contributed by atoms with E-state index in [2.05, 4.69) is 0 Å². The van der Waals surface area contributed by atoms with E-state index in [4.69, 9.17) is 19.6 Å². The predicted octanol–water partition coefficient (Wildman–Crippen LogP) is 3.29. The monoisotopic (exact) mass is 357 g/mol. The highest BCUT2D eigenvalue weighted by atomic mass is 17.3. The molecule has 0 spiro atoms. The number of nitrogens with zero attached hydrogens (tertiary/aromatic N) is 1. The van der Waals surface area contributed by atoms with Crippen LogP contribution in [0, 0.1) is 0 Å². The Hall–Kier alpha value is -1.28. The zero-order valence-electron chi connectivity index (χ0n) is 16.2. The van der Waals surface area contributed by atoms with E-state index < -0.39 is 29.3 Å². The molecule has 1 heterocycles. The van der Waals surface area contributed by atoms with Gasteiger partial charge in [-0.05, 0) is 40.5 Å². The summed E-state index contributed by atoms with van der Waals surface area (Å²) in [4.78, 5) is 46.2. The highest BCUT2D eigenvalue weighted by molar-refractivity contribution is 6.12. The van der Waals surface area contributed by atoms with Crippen molar-refractivity contribution in [3.63, 3.8) is 0 Å². The lowest BCUT2D eigenvalue weighted by Gasteiger charge is -2.30. The number of imide groups is 1. The van der Waals surface area contributed by atoms with Crippen LogP contribution in [0.25, 0.3) is 0 Å². The molecular weight excluding hydrogens is 326 g/mol. The van der Waals surface area contributed by atoms with Crippen LogP contribution in [0.4, 0.5) is 0 Å². The van der Waals surface area contributed by atoms with E-state index in [1.54, 1.807) is 0 Å². The molecule has 0 bridgehead atoms. The van der Waals surface area contributed by atoms with Gasteiger partial charge in [0, 0.05) is 12.2 Å². The maximum Gasteiger partial charge on any atom is 0.253 e. The third-order valence-electron chi connectivity index (χ3n) is 3.70. The summed E-state index contributed by atoms with van der Waals surface area (Å²) in [6.07, 6.45) is 4.80. The first-order valence-electron chi connectivity index (χ1n) is 8.82. The molecule has 1 aliphatic heterocycles. The van der Waals surface area contributed by atoms with Gasteiger partial charge in [0.15, 0.2) is 0 Å². The van der Waals surface area contributed by atoms with E-state index >= 15 is 0 Å². The fraction of sp³-hybridized carbons (Fsp3) is 0.778. The zero-order chi connectivity index (χ0) is 19.1. The molecule has 0 aromatic rings. The average Bonchev–Trinajstić information content (AvgIpc) is 2.81. The molecule has 2 amide bonds. The quantitative estimate of drug-likeness (QED) is 0.231. The lowest BCUT2D eigenvalue weighted by atomic mass is 10.0. The molecule has 7 nitrogen and oxygen atoms in total. The van der Waals surface area contributed by atoms with Crippen LogP contribution >= 0.6 is 0 Å². The Kier molecular flexibility index (Phi) is 8.21. The minimum atomic E-state index is -1.04. The third-order valence-corrected chi connectivity index (χ3v) is 3.70. The number of carbonyl (C=O) groups excluding carboxylic acids is 2. The summed E-state index contributed by atoms with van der Waals surface area (Å²) in [5.74, 6) is -0.828. The van der Waals surface area contributed by atoms with Gasteiger partial charge in [0.2, 0.25) is 6.29 Å². The molecule has 144 valence electrons. The first-order valence-corrected chi connectivity index (χ1v) is 8.82. The SMILES string of the molecule is CCCC(C)(C)OOC(CN1C(=O)C=CC1=O)OOC(C)(C)CCC. The van der Waals surface area contributed by atoms with E-state index in [-0.39, 0.29) is 6.54 Å². The van der Waals surface area contributed by atoms with Crippen molar-refractivity contribution in [1.82, 2.24) is 4.90 Å². The summed E-state index contributed by atoms with van der Waals surface area (Å²) in [6.45, 7) is 11.5. The Labute approximate surface area is 150 Å². The van der Waals surface area contributed by atoms with Crippen molar-refractivity contribution in [1.29, 1.82) is 0 Å². The summed E-state index contributed by atoms with van der Waals surface area (Å²) in [6, 6.07) is 0. The largest absolute Gasteiger partial charge is 0.270 e. The average molecular weight is 357 g/mol. The standard InChI is InChI=1S/C18H31NO6/c1-7-11-17(3,4)24-22-16(23-25-18(5,6)12-8-2)13-19-14(20)9-10-15(19)21/h9-10,16H,7-8,11-13H2,1-6H3. The van der Waals surface area contributed by atoms with E-state index in [1.807, 2.05) is 41.5 Å². The van der Waals surface area contributed by atoms with Crippen molar-refractivity contribution >= 4 is 11.8 Å². The lowest BCUT2D eigenvalue weighted by Crippen LogP contribution is -2.42. The molecule has 0 radical (unpaired) electrons. The van der Waals surface area contributed by atoms with Gasteiger partial charge in [0.05, 0.1) is 17.7 Å². The molecule has 1 aliphatic rings. The van der Waals surface area contributed by atoms with Gasteiger partial charge in [-0.3, -0.25) is 14.5 Å². The van der Waals surface area contributed by atoms with E-state index in [9.17, 15) is 9.59 Å². The molecule has 0 aliphatic carbocycles. The van der Waals surface area contributed by atoms with Crippen molar-refractivity contribution in [3.05, 3.63) is 12.2 Å². The van der Waals surface area contributed by atoms with Crippen LogP contribution < -0.4 is 0 Å². The summed E-state index contributed by atoms with van der Waals surface area (Å²) in [5.41, 5.74) is -1.04. The van der Waals surface area contributed by atoms with Crippen LogP contribution in [0.5, 0.6) is 0 Å². The second-order valence-electron chi connectivity index (χ2n) is 7.43. The van der Waals surface area contributed by atoms with Crippen molar-refractivity contribution in [2.24, 2.45) is 0 Å². The molecule has 25 heavy (non-hydrogen) atoms. The maximum atomic E-state index is 11.8. The highest BCUT2D eigenvalue weighted by Crippen LogP contribution is 2.21. The maximum absolute atomic E-state index is 11.8. The molecule has 7 heteroatoms. The molecule has 0 atom stereocenters. The second kappa shape index (κ2) is 9.43. The lowest BCUT2D eigenvalue weighted by molar-refractivity contribution is -0.499. The van der Waals surface area contributed by atoms with Crippen LogP contribution in [0.3, 0.4) is 0 Å². The zero-order valence-corrected chi connectivity index (χ0v) is 16.2. The minimum absolute atomic E-state index is 0.116. The summed E-state index contributed by atoms with van der Waals surface area (Å²) in [5, 5.41) is 0. The predicted molar refractivity (Wildman–Crippen MR) is 92.0 cm³/mol. The molecule has 0 aromatic carbocycles. The smallest absolute Gasteiger partial charge is 0.253 e. The number of carbonyl (C=O) groups is 2. The van der Waals surface area contributed by atoms with Crippen molar-refractivity contribution in [3.8, 4) is 0 Å². The number of hydrogen-bond donors (Lipinski definition) is 0. The van der Waals surface area contributed by atoms with E-state index in [1.165, 1.54) is 12.2 Å². The normalized spacial score (nSPS) is 15.7. The number of amides is 2. The van der Waals surface area contributed by atoms with Gasteiger partial charge in [-0.25, -0.2) is 9.78 Å². The van der Waals surface area contributed by atoms with Crippen molar-refractivity contribution < 1.29 is 29.1 Å². The van der Waals surface area contributed by atoms with Gasteiger partial charge in [-0.15, -0.1) is 0 Å².